The van der Waals surface area contributed by atoms with E-state index in [9.17, 15) is 24.0 Å². The first-order chi connectivity index (χ1) is 31.6. The number of nitrogens with zero attached hydrogens (tertiary/aromatic N) is 2. The molecular formula is C51H51Cl2FN6O6. The van der Waals surface area contributed by atoms with Crippen molar-refractivity contribution in [2.45, 2.75) is 88.9 Å². The van der Waals surface area contributed by atoms with E-state index in [1.165, 1.54) is 18.1 Å². The largest absolute Gasteiger partial charge is 0.495 e. The Morgan fingerprint density at radius 2 is 1.82 bits per heavy atom. The molecule has 66 heavy (non-hydrogen) atoms. The van der Waals surface area contributed by atoms with Crippen LogP contribution in [0.1, 0.15) is 102 Å². The normalized spacial score (nSPS) is 24.6. The summed E-state index contributed by atoms with van der Waals surface area (Å²) in [5, 5.41) is 13.1. The molecule has 4 aromatic rings. The number of halogens is 3. The number of amides is 5. The molecule has 9 rings (SSSR count). The predicted molar refractivity (Wildman–Crippen MR) is 250 cm³/mol. The molecule has 3 fully saturated rings. The highest BCUT2D eigenvalue weighted by molar-refractivity contribution is 6.31. The summed E-state index contributed by atoms with van der Waals surface area (Å²) in [4.78, 5) is 69.9. The molecule has 0 aliphatic carbocycles. The summed E-state index contributed by atoms with van der Waals surface area (Å²) in [5.74, 6) is 3.83. The summed E-state index contributed by atoms with van der Waals surface area (Å²) in [5.41, 5.74) is 3.82. The molecule has 12 nitrogen and oxygen atoms in total. The van der Waals surface area contributed by atoms with Gasteiger partial charge in [0.15, 0.2) is 0 Å². The number of imide groups is 1. The summed E-state index contributed by atoms with van der Waals surface area (Å²) in [6, 6.07) is 19.0. The molecule has 5 aliphatic rings. The van der Waals surface area contributed by atoms with Crippen molar-refractivity contribution in [2.24, 2.45) is 11.3 Å². The number of methoxy groups -OCH3 is 1. The highest BCUT2D eigenvalue weighted by Crippen LogP contribution is 2.57. The summed E-state index contributed by atoms with van der Waals surface area (Å²) in [6.07, 6.45) is 2.63. The number of likely N-dealkylation sites (tertiary alicyclic amines) is 1. The van der Waals surface area contributed by atoms with Gasteiger partial charge >= 0.3 is 0 Å². The van der Waals surface area contributed by atoms with Crippen LogP contribution in [0.15, 0.2) is 72.8 Å². The first-order valence-electron chi connectivity index (χ1n) is 22.4. The number of ether oxygens (including phenoxy) is 1. The minimum absolute atomic E-state index is 0.0329. The first kappa shape index (κ1) is 45.2. The van der Waals surface area contributed by atoms with E-state index in [0.717, 1.165) is 29.7 Å². The molecule has 0 bridgehead atoms. The molecule has 6 atom stereocenters. The van der Waals surface area contributed by atoms with E-state index >= 15 is 4.39 Å². The van der Waals surface area contributed by atoms with Crippen molar-refractivity contribution >= 4 is 64.1 Å². The van der Waals surface area contributed by atoms with Crippen LogP contribution >= 0.6 is 23.2 Å². The van der Waals surface area contributed by atoms with Crippen LogP contribution in [0.5, 0.6) is 5.75 Å². The molecule has 4 N–H and O–H groups in total. The second-order valence-corrected chi connectivity index (χ2v) is 20.0. The van der Waals surface area contributed by atoms with E-state index in [1.807, 2.05) is 24.3 Å². The molecule has 0 aromatic heterocycles. The van der Waals surface area contributed by atoms with Crippen LogP contribution in [0.2, 0.25) is 10.0 Å². The van der Waals surface area contributed by atoms with Crippen molar-refractivity contribution in [1.82, 2.24) is 20.4 Å². The predicted octanol–water partition coefficient (Wildman–Crippen LogP) is 7.67. The monoisotopic (exact) mass is 932 g/mol. The molecule has 342 valence electrons. The van der Waals surface area contributed by atoms with Crippen LogP contribution < -0.4 is 26.0 Å². The van der Waals surface area contributed by atoms with Crippen molar-refractivity contribution in [3.8, 4) is 17.6 Å². The Hall–Kier alpha value is -5.94. The molecule has 5 aliphatic heterocycles. The van der Waals surface area contributed by atoms with Crippen molar-refractivity contribution in [3.05, 3.63) is 122 Å². The van der Waals surface area contributed by atoms with Gasteiger partial charge in [0.25, 0.3) is 11.8 Å². The number of carbonyl (C=O) groups is 5. The lowest BCUT2D eigenvalue weighted by Gasteiger charge is -2.39. The Labute approximate surface area is 393 Å². The summed E-state index contributed by atoms with van der Waals surface area (Å²) in [7, 11) is 1.47. The van der Waals surface area contributed by atoms with E-state index < -0.39 is 41.0 Å². The minimum Gasteiger partial charge on any atom is -0.495 e. The molecule has 1 unspecified atom stereocenters. The number of hydrogen-bond donors (Lipinski definition) is 4. The third-order valence-corrected chi connectivity index (χ3v) is 14.3. The van der Waals surface area contributed by atoms with Gasteiger partial charge in [-0.05, 0) is 96.3 Å². The van der Waals surface area contributed by atoms with Gasteiger partial charge in [-0.15, -0.1) is 0 Å². The Kier molecular flexibility index (Phi) is 12.1. The molecule has 0 saturated carbocycles. The number of anilines is 2. The fraction of sp³-hybridized carbons (Fsp3) is 0.392. The fourth-order valence-electron chi connectivity index (χ4n) is 10.8. The Bertz CT molecular complexity index is 2750. The number of hydrogen-bond acceptors (Lipinski definition) is 8. The zero-order valence-corrected chi connectivity index (χ0v) is 38.7. The van der Waals surface area contributed by atoms with E-state index in [0.29, 0.717) is 59.0 Å². The standard InChI is InChI=1S/C51H51Cl2FN6O6/c1-50(2,3)24-41-51(27-55-38-23-31(52)16-17-35(38)51)43(33-11-6-12-36(53)44(33)54)45(57-41)47(63)56-37-18-15-30(22-40(37)66-4)48(64)59-21-7-8-28(25-59)13-14-29-9-5-10-32-34(29)26-60(49(32)65)39-19-20-42(61)58-46(39)62/h5-6,9-12,15-18,22-23,28,39,41,43,45,55,57H,7-8,19-21,24-27H2,1-4H3,(H,56,63)(H,58,61,62)/t28-,39?,41-,43-,45+,51-/m0/s1. The maximum Gasteiger partial charge on any atom is 0.255 e. The lowest BCUT2D eigenvalue weighted by atomic mass is 9.63. The molecule has 4 aromatic carbocycles. The summed E-state index contributed by atoms with van der Waals surface area (Å²) >= 11 is 12.9. The third kappa shape index (κ3) is 8.28. The fourth-order valence-corrected chi connectivity index (χ4v) is 11.1. The van der Waals surface area contributed by atoms with Crippen molar-refractivity contribution in [1.29, 1.82) is 0 Å². The number of fused-ring (bicyclic) bond motifs is 3. The molecule has 1 spiro atoms. The molecule has 3 saturated heterocycles. The first-order valence-corrected chi connectivity index (χ1v) is 23.1. The maximum atomic E-state index is 16.3. The molecule has 5 amide bonds. The second-order valence-electron chi connectivity index (χ2n) is 19.2. The van der Waals surface area contributed by atoms with Gasteiger partial charge in [-0.25, -0.2) is 4.39 Å². The number of nitrogens with one attached hydrogen (secondary N) is 4. The highest BCUT2D eigenvalue weighted by atomic mass is 35.5. The van der Waals surface area contributed by atoms with Crippen LogP contribution in [-0.2, 0) is 26.3 Å². The van der Waals surface area contributed by atoms with Gasteiger partial charge < -0.3 is 30.5 Å². The maximum absolute atomic E-state index is 16.3. The number of benzene rings is 4. The van der Waals surface area contributed by atoms with Crippen LogP contribution in [0.3, 0.4) is 0 Å². The molecular weight excluding hydrogens is 883 g/mol. The quantitative estimate of drug-likeness (QED) is 0.109. The van der Waals surface area contributed by atoms with E-state index in [2.05, 4.69) is 53.9 Å². The van der Waals surface area contributed by atoms with Crippen molar-refractivity contribution in [3.63, 3.8) is 0 Å². The van der Waals surface area contributed by atoms with E-state index in [4.69, 9.17) is 27.9 Å². The van der Waals surface area contributed by atoms with E-state index in [1.54, 1.807) is 47.4 Å². The molecule has 5 heterocycles. The van der Waals surface area contributed by atoms with Crippen molar-refractivity contribution < 1.29 is 33.1 Å². The van der Waals surface area contributed by atoms with Gasteiger partial charge in [0, 0.05) is 83.3 Å². The average molecular weight is 934 g/mol. The minimum atomic E-state index is -0.909. The Morgan fingerprint density at radius 3 is 2.59 bits per heavy atom. The van der Waals surface area contributed by atoms with Gasteiger partial charge in [-0.1, -0.05) is 80.1 Å². The van der Waals surface area contributed by atoms with Crippen LogP contribution in [0, 0.1) is 29.0 Å². The zero-order valence-electron chi connectivity index (χ0n) is 37.2. The number of rotatable bonds is 7. The third-order valence-electron chi connectivity index (χ3n) is 13.8. The van der Waals surface area contributed by atoms with Gasteiger partial charge in [0.05, 0.1) is 23.9 Å². The smallest absolute Gasteiger partial charge is 0.255 e. The van der Waals surface area contributed by atoms with Gasteiger partial charge in [0.2, 0.25) is 17.7 Å². The van der Waals surface area contributed by atoms with Crippen LogP contribution in [0.4, 0.5) is 15.8 Å². The van der Waals surface area contributed by atoms with Gasteiger partial charge in [-0.3, -0.25) is 29.3 Å². The summed E-state index contributed by atoms with van der Waals surface area (Å²) in [6.45, 7) is 7.99. The van der Waals surface area contributed by atoms with E-state index in [-0.39, 0.29) is 65.3 Å². The van der Waals surface area contributed by atoms with Crippen molar-refractivity contribution in [2.75, 3.05) is 37.4 Å². The van der Waals surface area contributed by atoms with Crippen LogP contribution in [0.25, 0.3) is 0 Å². The highest BCUT2D eigenvalue weighted by Gasteiger charge is 2.61. The zero-order chi connectivity index (χ0) is 46.7. The summed E-state index contributed by atoms with van der Waals surface area (Å²) < 4.78 is 22.1. The SMILES string of the molecule is COc1cc(C(=O)N2CCC[C@@H](C#Cc3cccc4c3CN(C3CCC(=O)NC3=O)C4=O)C2)ccc1NC(=O)[C@@H]1N[C@@H](CC(C)(C)C)[C@@]2(CNc3cc(Cl)ccc32)[C@H]1c1cccc(Cl)c1F. The van der Waals surface area contributed by atoms with Gasteiger partial charge in [0.1, 0.15) is 17.6 Å². The Morgan fingerprint density at radius 1 is 1.02 bits per heavy atom. The molecule has 0 radical (unpaired) electrons. The topological polar surface area (TPSA) is 149 Å². The Balaban J connectivity index is 0.938. The second kappa shape index (κ2) is 17.7. The number of piperidine rings is 2. The average Bonchev–Trinajstić information content (AvgIpc) is 3.94. The lowest BCUT2D eigenvalue weighted by Crippen LogP contribution is -2.52. The lowest BCUT2D eigenvalue weighted by molar-refractivity contribution is -0.137. The molecule has 15 heteroatoms. The van der Waals surface area contributed by atoms with Gasteiger partial charge in [-0.2, -0.15) is 0 Å². The van der Waals surface area contributed by atoms with Crippen LogP contribution in [-0.4, -0.2) is 84.2 Å². The number of carbonyl (C=O) groups excluding carboxylic acids is 5.